The number of alkyl halides is 3. The van der Waals surface area contributed by atoms with Crippen LogP contribution < -0.4 is 5.73 Å². The Morgan fingerprint density at radius 1 is 1.50 bits per heavy atom. The Bertz CT molecular complexity index is 329. The zero-order chi connectivity index (χ0) is 10.8. The molecule has 1 rings (SSSR count). The minimum Gasteiger partial charge on any atom is -0.383 e. The maximum absolute atomic E-state index is 11.7. The molecule has 0 aliphatic heterocycles. The molecule has 0 radical (unpaired) electrons. The number of nitrogen functional groups attached to an aromatic ring is 1. The Morgan fingerprint density at radius 2 is 2.14 bits per heavy atom. The highest BCUT2D eigenvalue weighted by Crippen LogP contribution is 2.20. The standard InChI is InChI=1S/C7H6F3IN2O/c8-7(9,10)14-3-4-1-5(11)6(12)13-2-4/h1-2H,3H2,(H2,12,13). The summed E-state index contributed by atoms with van der Waals surface area (Å²) in [5.41, 5.74) is 5.72. The fourth-order valence-corrected chi connectivity index (χ4v) is 1.27. The molecule has 0 saturated heterocycles. The van der Waals surface area contributed by atoms with Crippen LogP contribution in [0.2, 0.25) is 0 Å². The summed E-state index contributed by atoms with van der Waals surface area (Å²) in [6.07, 6.45) is -3.37. The lowest BCUT2D eigenvalue weighted by atomic mass is 10.3. The van der Waals surface area contributed by atoms with Gasteiger partial charge in [0.05, 0.1) is 10.2 Å². The molecule has 0 spiro atoms. The van der Waals surface area contributed by atoms with Crippen LogP contribution in [-0.2, 0) is 11.3 Å². The van der Waals surface area contributed by atoms with E-state index in [0.717, 1.165) is 0 Å². The van der Waals surface area contributed by atoms with Crippen molar-refractivity contribution in [3.8, 4) is 0 Å². The monoisotopic (exact) mass is 318 g/mol. The smallest absolute Gasteiger partial charge is 0.383 e. The molecule has 0 aliphatic rings. The van der Waals surface area contributed by atoms with E-state index in [4.69, 9.17) is 5.73 Å². The Morgan fingerprint density at radius 3 is 2.64 bits per heavy atom. The Hall–Kier alpha value is -0.570. The first-order valence-electron chi connectivity index (χ1n) is 3.49. The number of rotatable bonds is 2. The molecule has 1 heterocycles. The lowest BCUT2D eigenvalue weighted by Gasteiger charge is -2.07. The first-order chi connectivity index (χ1) is 6.38. The van der Waals surface area contributed by atoms with Gasteiger partial charge < -0.3 is 5.73 Å². The Balaban J connectivity index is 2.65. The minimum atomic E-state index is -4.62. The molecule has 3 nitrogen and oxygen atoms in total. The summed E-state index contributed by atoms with van der Waals surface area (Å²) >= 11 is 1.89. The minimum absolute atomic E-state index is 0.293. The van der Waals surface area contributed by atoms with E-state index in [9.17, 15) is 13.2 Å². The van der Waals surface area contributed by atoms with Gasteiger partial charge in [0, 0.05) is 6.20 Å². The number of hydrogen-bond donors (Lipinski definition) is 1. The van der Waals surface area contributed by atoms with Crippen LogP contribution >= 0.6 is 22.6 Å². The second kappa shape index (κ2) is 4.30. The number of hydrogen-bond acceptors (Lipinski definition) is 3. The predicted octanol–water partition coefficient (Wildman–Crippen LogP) is 2.30. The van der Waals surface area contributed by atoms with E-state index in [1.807, 2.05) is 22.6 Å². The maximum Gasteiger partial charge on any atom is 0.522 e. The summed E-state index contributed by atoms with van der Waals surface area (Å²) < 4.78 is 39.2. The highest BCUT2D eigenvalue weighted by molar-refractivity contribution is 14.1. The maximum atomic E-state index is 11.7. The van der Waals surface area contributed by atoms with E-state index in [1.54, 1.807) is 0 Å². The fraction of sp³-hybridized carbons (Fsp3) is 0.286. The van der Waals surface area contributed by atoms with Gasteiger partial charge in [-0.3, -0.25) is 4.74 Å². The van der Waals surface area contributed by atoms with Crippen LogP contribution in [0.1, 0.15) is 5.56 Å². The average Bonchev–Trinajstić information content (AvgIpc) is 2.06. The lowest BCUT2D eigenvalue weighted by Crippen LogP contribution is -2.13. The molecule has 2 N–H and O–H groups in total. The van der Waals surface area contributed by atoms with E-state index in [2.05, 4.69) is 9.72 Å². The average molecular weight is 318 g/mol. The fourth-order valence-electron chi connectivity index (χ4n) is 0.732. The van der Waals surface area contributed by atoms with Gasteiger partial charge in [0.1, 0.15) is 5.82 Å². The molecular formula is C7H6F3IN2O. The van der Waals surface area contributed by atoms with Crippen molar-refractivity contribution < 1.29 is 17.9 Å². The van der Waals surface area contributed by atoms with Crippen LogP contribution in [0.3, 0.4) is 0 Å². The van der Waals surface area contributed by atoms with Crippen LogP contribution in [0.5, 0.6) is 0 Å². The van der Waals surface area contributed by atoms with Crippen LogP contribution in [0.25, 0.3) is 0 Å². The van der Waals surface area contributed by atoms with Crippen molar-refractivity contribution in [2.24, 2.45) is 0 Å². The number of pyridine rings is 1. The van der Waals surface area contributed by atoms with Gasteiger partial charge >= 0.3 is 6.36 Å². The Labute approximate surface area is 91.6 Å². The largest absolute Gasteiger partial charge is 0.522 e. The number of anilines is 1. The predicted molar refractivity (Wildman–Crippen MR) is 52.2 cm³/mol. The van der Waals surface area contributed by atoms with Gasteiger partial charge in [-0.2, -0.15) is 0 Å². The normalized spacial score (nSPS) is 11.7. The molecule has 0 saturated carbocycles. The summed E-state index contributed by atoms with van der Waals surface area (Å²) in [6.45, 7) is -0.549. The number of nitrogens with two attached hydrogens (primary N) is 1. The molecule has 14 heavy (non-hydrogen) atoms. The van der Waals surface area contributed by atoms with E-state index in [1.165, 1.54) is 12.3 Å². The molecular weight excluding hydrogens is 312 g/mol. The van der Waals surface area contributed by atoms with Crippen molar-refractivity contribution in [2.75, 3.05) is 5.73 Å². The molecule has 0 aromatic carbocycles. The van der Waals surface area contributed by atoms with E-state index >= 15 is 0 Å². The molecule has 0 aliphatic carbocycles. The number of nitrogens with zero attached hydrogens (tertiary/aromatic N) is 1. The van der Waals surface area contributed by atoms with Gasteiger partial charge in [0.2, 0.25) is 0 Å². The summed E-state index contributed by atoms with van der Waals surface area (Å²) in [7, 11) is 0. The second-order valence-corrected chi connectivity index (χ2v) is 3.61. The van der Waals surface area contributed by atoms with Crippen molar-refractivity contribution in [1.82, 2.24) is 4.98 Å². The summed E-state index contributed by atoms with van der Waals surface area (Å²) in [5.74, 6) is 0.293. The molecule has 1 aromatic rings. The third-order valence-corrected chi connectivity index (χ3v) is 2.19. The van der Waals surface area contributed by atoms with Gasteiger partial charge in [0.15, 0.2) is 0 Å². The van der Waals surface area contributed by atoms with E-state index in [0.29, 0.717) is 15.0 Å². The summed E-state index contributed by atoms with van der Waals surface area (Å²) in [5, 5.41) is 0. The van der Waals surface area contributed by atoms with Crippen molar-refractivity contribution in [3.05, 3.63) is 21.4 Å². The van der Waals surface area contributed by atoms with E-state index < -0.39 is 13.0 Å². The van der Waals surface area contributed by atoms with Crippen molar-refractivity contribution in [3.63, 3.8) is 0 Å². The highest BCUT2D eigenvalue weighted by atomic mass is 127. The zero-order valence-electron chi connectivity index (χ0n) is 6.81. The topological polar surface area (TPSA) is 48.1 Å². The van der Waals surface area contributed by atoms with Gasteiger partial charge in [-0.05, 0) is 34.2 Å². The summed E-state index contributed by atoms with van der Waals surface area (Å²) in [6, 6.07) is 1.49. The van der Waals surface area contributed by atoms with Crippen LogP contribution in [0.15, 0.2) is 12.3 Å². The quantitative estimate of drug-likeness (QED) is 0.851. The van der Waals surface area contributed by atoms with Gasteiger partial charge in [-0.15, -0.1) is 13.2 Å². The molecule has 7 heteroatoms. The number of aromatic nitrogens is 1. The summed E-state index contributed by atoms with van der Waals surface area (Å²) in [4.78, 5) is 3.70. The van der Waals surface area contributed by atoms with Crippen LogP contribution in [0, 0.1) is 3.57 Å². The molecule has 0 atom stereocenters. The first kappa shape index (κ1) is 11.5. The molecule has 1 aromatic heterocycles. The highest BCUT2D eigenvalue weighted by Gasteiger charge is 2.28. The lowest BCUT2D eigenvalue weighted by molar-refractivity contribution is -0.330. The molecule has 0 unspecified atom stereocenters. The molecule has 0 amide bonds. The molecule has 0 bridgehead atoms. The van der Waals surface area contributed by atoms with E-state index in [-0.39, 0.29) is 0 Å². The molecule has 78 valence electrons. The van der Waals surface area contributed by atoms with Gasteiger partial charge in [-0.1, -0.05) is 0 Å². The van der Waals surface area contributed by atoms with Crippen molar-refractivity contribution in [2.45, 2.75) is 13.0 Å². The molecule has 0 fully saturated rings. The first-order valence-corrected chi connectivity index (χ1v) is 4.57. The number of ether oxygens (including phenoxy) is 1. The third kappa shape index (κ3) is 3.66. The van der Waals surface area contributed by atoms with Crippen LogP contribution in [0.4, 0.5) is 19.0 Å². The van der Waals surface area contributed by atoms with Gasteiger partial charge in [-0.25, -0.2) is 4.98 Å². The zero-order valence-corrected chi connectivity index (χ0v) is 8.96. The Kier molecular flexibility index (Phi) is 3.53. The SMILES string of the molecule is Nc1ncc(COC(F)(F)F)cc1I. The number of halogens is 4. The van der Waals surface area contributed by atoms with Crippen LogP contribution in [-0.4, -0.2) is 11.3 Å². The van der Waals surface area contributed by atoms with Crippen molar-refractivity contribution in [1.29, 1.82) is 0 Å². The second-order valence-electron chi connectivity index (χ2n) is 2.45. The van der Waals surface area contributed by atoms with Crippen molar-refractivity contribution >= 4 is 28.4 Å². The third-order valence-electron chi connectivity index (χ3n) is 1.33. The van der Waals surface area contributed by atoms with Gasteiger partial charge in [0.25, 0.3) is 0 Å².